The molecule has 0 bridgehead atoms. The van der Waals surface area contributed by atoms with Gasteiger partial charge in [0.05, 0.1) is 15.9 Å². The molecule has 36 heavy (non-hydrogen) atoms. The SMILES string of the molecule is CN(C)S(=O)(=O)c1ccc(-c2cccc(NC(=O)C3(c4ccc5c(c4)OCO5)CC3)c2)cc1C(=O)O.[HH]. The number of fused-ring (bicyclic) bond motifs is 1. The third-order valence-corrected chi connectivity index (χ3v) is 8.41. The van der Waals surface area contributed by atoms with E-state index in [1.807, 2.05) is 18.2 Å². The highest BCUT2D eigenvalue weighted by Crippen LogP contribution is 2.51. The molecule has 1 aliphatic carbocycles. The Bertz CT molecular complexity index is 1500. The van der Waals surface area contributed by atoms with Gasteiger partial charge in [-0.15, -0.1) is 0 Å². The number of hydrogen-bond donors (Lipinski definition) is 2. The van der Waals surface area contributed by atoms with Crippen LogP contribution in [0.2, 0.25) is 0 Å². The highest BCUT2D eigenvalue weighted by molar-refractivity contribution is 7.89. The van der Waals surface area contributed by atoms with Crippen molar-refractivity contribution in [3.63, 3.8) is 0 Å². The first-order chi connectivity index (χ1) is 17.1. The average molecular weight is 511 g/mol. The smallest absolute Gasteiger partial charge is 0.337 e. The van der Waals surface area contributed by atoms with Crippen molar-refractivity contribution < 1.29 is 34.0 Å². The molecule has 0 radical (unpaired) electrons. The number of carbonyl (C=O) groups is 2. The summed E-state index contributed by atoms with van der Waals surface area (Å²) in [4.78, 5) is 24.8. The van der Waals surface area contributed by atoms with Crippen LogP contribution in [0.25, 0.3) is 11.1 Å². The number of carboxylic acids is 1. The number of aromatic carboxylic acids is 1. The molecule has 3 aromatic rings. The molecule has 1 fully saturated rings. The number of carbonyl (C=O) groups excluding carboxylic acids is 1. The summed E-state index contributed by atoms with van der Waals surface area (Å²) in [7, 11) is -1.25. The number of amides is 1. The van der Waals surface area contributed by atoms with E-state index >= 15 is 0 Å². The molecular weight excluding hydrogens is 484 g/mol. The van der Waals surface area contributed by atoms with Crippen molar-refractivity contribution in [2.75, 3.05) is 26.2 Å². The summed E-state index contributed by atoms with van der Waals surface area (Å²) in [6, 6.07) is 16.7. The Kier molecular flexibility index (Phi) is 5.73. The lowest BCUT2D eigenvalue weighted by atomic mass is 9.94. The third kappa shape index (κ3) is 4.08. The molecule has 0 atom stereocenters. The van der Waals surface area contributed by atoms with Crippen LogP contribution in [0, 0.1) is 0 Å². The summed E-state index contributed by atoms with van der Waals surface area (Å²) in [5.41, 5.74) is 1.59. The number of nitrogens with zero attached hydrogens (tertiary/aromatic N) is 1. The zero-order valence-electron chi connectivity index (χ0n) is 19.6. The van der Waals surface area contributed by atoms with Gasteiger partial charge in [0.25, 0.3) is 0 Å². The molecule has 1 amide bonds. The van der Waals surface area contributed by atoms with Gasteiger partial charge in [-0.05, 0) is 65.9 Å². The Morgan fingerprint density at radius 2 is 1.69 bits per heavy atom. The molecule has 1 saturated carbocycles. The predicted octanol–water partition coefficient (Wildman–Crippen LogP) is 3.95. The van der Waals surface area contributed by atoms with Gasteiger partial charge in [-0.3, -0.25) is 4.79 Å². The molecule has 5 rings (SSSR count). The molecule has 1 heterocycles. The number of carboxylic acid groups (broad SMARTS) is 1. The Morgan fingerprint density at radius 1 is 0.972 bits per heavy atom. The van der Waals surface area contributed by atoms with Crippen molar-refractivity contribution in [1.29, 1.82) is 0 Å². The highest BCUT2D eigenvalue weighted by Gasteiger charge is 2.51. The van der Waals surface area contributed by atoms with Gasteiger partial charge in [0.15, 0.2) is 11.5 Å². The van der Waals surface area contributed by atoms with E-state index < -0.39 is 21.4 Å². The molecule has 0 spiro atoms. The molecular formula is C26H26N2O7S. The van der Waals surface area contributed by atoms with Crippen molar-refractivity contribution in [2.45, 2.75) is 23.2 Å². The lowest BCUT2D eigenvalue weighted by molar-refractivity contribution is -0.118. The lowest BCUT2D eigenvalue weighted by Gasteiger charge is -2.17. The average Bonchev–Trinajstić information content (AvgIpc) is 3.54. The first-order valence-electron chi connectivity index (χ1n) is 11.2. The standard InChI is InChI=1S/C26H24N2O7S.H2/c1-28(2)36(32,33)23-9-6-17(13-20(23)24(29)30)16-4-3-5-19(12-16)27-25(31)26(10-11-26)18-7-8-21-22(14-18)35-15-34-21;/h3-9,12-14H,10-11,15H2,1-2H3,(H,27,31)(H,29,30);1H. The number of ether oxygens (including phenoxy) is 2. The fourth-order valence-corrected chi connectivity index (χ4v) is 5.35. The summed E-state index contributed by atoms with van der Waals surface area (Å²) >= 11 is 0. The summed E-state index contributed by atoms with van der Waals surface area (Å²) < 4.78 is 36.9. The maximum absolute atomic E-state index is 13.3. The summed E-state index contributed by atoms with van der Waals surface area (Å²) in [6.07, 6.45) is 1.42. The van der Waals surface area contributed by atoms with E-state index in [1.54, 1.807) is 30.3 Å². The number of sulfonamides is 1. The van der Waals surface area contributed by atoms with Crippen LogP contribution in [0.1, 0.15) is 30.2 Å². The first-order valence-corrected chi connectivity index (χ1v) is 12.7. The van der Waals surface area contributed by atoms with E-state index in [2.05, 4.69) is 5.32 Å². The molecule has 0 aromatic heterocycles. The Balaban J connectivity index is 0.00000320. The van der Waals surface area contributed by atoms with E-state index in [0.29, 0.717) is 41.2 Å². The van der Waals surface area contributed by atoms with Crippen LogP contribution in [0.15, 0.2) is 65.6 Å². The van der Waals surface area contributed by atoms with Gasteiger partial charge in [-0.2, -0.15) is 0 Å². The first kappa shape index (κ1) is 23.8. The van der Waals surface area contributed by atoms with Crippen molar-refractivity contribution in [1.82, 2.24) is 4.31 Å². The third-order valence-electron chi connectivity index (χ3n) is 6.53. The second-order valence-electron chi connectivity index (χ2n) is 8.99. The van der Waals surface area contributed by atoms with Crippen molar-refractivity contribution in [3.8, 4) is 22.6 Å². The molecule has 1 aliphatic heterocycles. The Morgan fingerprint density at radius 3 is 2.39 bits per heavy atom. The van der Waals surface area contributed by atoms with E-state index in [-0.39, 0.29) is 24.6 Å². The summed E-state index contributed by atoms with van der Waals surface area (Å²) in [5.74, 6) is -0.200. The minimum atomic E-state index is -3.94. The molecule has 0 unspecified atom stereocenters. The molecule has 188 valence electrons. The van der Waals surface area contributed by atoms with Gasteiger partial charge in [-0.25, -0.2) is 17.5 Å². The van der Waals surface area contributed by atoms with Crippen molar-refractivity contribution >= 4 is 27.6 Å². The fourth-order valence-electron chi connectivity index (χ4n) is 4.29. The number of rotatable bonds is 7. The van der Waals surface area contributed by atoms with Crippen LogP contribution in [-0.4, -0.2) is 50.6 Å². The second-order valence-corrected chi connectivity index (χ2v) is 11.1. The molecule has 2 aliphatic rings. The minimum absolute atomic E-state index is 0. The summed E-state index contributed by atoms with van der Waals surface area (Å²) in [5, 5.41) is 12.6. The van der Waals surface area contributed by atoms with E-state index in [1.165, 1.54) is 26.2 Å². The predicted molar refractivity (Wildman–Crippen MR) is 134 cm³/mol. The van der Waals surface area contributed by atoms with Gasteiger partial charge in [0, 0.05) is 21.2 Å². The highest BCUT2D eigenvalue weighted by atomic mass is 32.2. The Labute approximate surface area is 209 Å². The number of nitrogens with one attached hydrogen (secondary N) is 1. The second kappa shape index (κ2) is 8.65. The monoisotopic (exact) mass is 510 g/mol. The Hall–Kier alpha value is -3.89. The van der Waals surface area contributed by atoms with E-state index in [9.17, 15) is 23.1 Å². The van der Waals surface area contributed by atoms with Gasteiger partial charge in [-0.1, -0.05) is 24.3 Å². The van der Waals surface area contributed by atoms with Crippen LogP contribution in [-0.2, 0) is 20.2 Å². The molecule has 2 N–H and O–H groups in total. The van der Waals surface area contributed by atoms with Crippen molar-refractivity contribution in [3.05, 3.63) is 71.8 Å². The van der Waals surface area contributed by atoms with Crippen LogP contribution >= 0.6 is 0 Å². The van der Waals surface area contributed by atoms with Gasteiger partial charge in [0.2, 0.25) is 22.7 Å². The largest absolute Gasteiger partial charge is 0.478 e. The van der Waals surface area contributed by atoms with E-state index in [4.69, 9.17) is 9.47 Å². The fraction of sp³-hybridized carbons (Fsp3) is 0.231. The van der Waals surface area contributed by atoms with Crippen LogP contribution in [0.4, 0.5) is 5.69 Å². The maximum atomic E-state index is 13.3. The van der Waals surface area contributed by atoms with Gasteiger partial charge >= 0.3 is 5.97 Å². The number of hydrogen-bond acceptors (Lipinski definition) is 6. The molecule has 0 saturated heterocycles. The zero-order valence-corrected chi connectivity index (χ0v) is 20.5. The maximum Gasteiger partial charge on any atom is 0.337 e. The normalized spacial score (nSPS) is 15.5. The van der Waals surface area contributed by atoms with E-state index in [0.717, 1.165) is 9.87 Å². The van der Waals surface area contributed by atoms with Crippen LogP contribution < -0.4 is 14.8 Å². The van der Waals surface area contributed by atoms with Gasteiger partial charge < -0.3 is 19.9 Å². The minimum Gasteiger partial charge on any atom is -0.478 e. The zero-order chi connectivity index (χ0) is 25.7. The van der Waals surface area contributed by atoms with Crippen LogP contribution in [0.5, 0.6) is 11.5 Å². The molecule has 9 nitrogen and oxygen atoms in total. The quantitative estimate of drug-likeness (QED) is 0.494. The van der Waals surface area contributed by atoms with Crippen LogP contribution in [0.3, 0.4) is 0 Å². The summed E-state index contributed by atoms with van der Waals surface area (Å²) in [6.45, 7) is 0.163. The molecule has 10 heteroatoms. The lowest BCUT2D eigenvalue weighted by Crippen LogP contribution is -2.27. The van der Waals surface area contributed by atoms with Crippen molar-refractivity contribution in [2.24, 2.45) is 0 Å². The number of anilines is 1. The molecule has 3 aromatic carbocycles. The number of benzene rings is 3. The van der Waals surface area contributed by atoms with Gasteiger partial charge in [0.1, 0.15) is 0 Å². The topological polar surface area (TPSA) is 122 Å².